The van der Waals surface area contributed by atoms with Gasteiger partial charge in [0.25, 0.3) is 0 Å². The second kappa shape index (κ2) is 4.36. The lowest BCUT2D eigenvalue weighted by atomic mass is 10.4. The van der Waals surface area contributed by atoms with Crippen LogP contribution in [0.25, 0.3) is 0 Å². The van der Waals surface area contributed by atoms with E-state index in [4.69, 9.17) is 0 Å². The molecule has 0 radical (unpaired) electrons. The van der Waals surface area contributed by atoms with Gasteiger partial charge < -0.3 is 0 Å². The van der Waals surface area contributed by atoms with Crippen LogP contribution < -0.4 is 0 Å². The van der Waals surface area contributed by atoms with Gasteiger partial charge in [-0.1, -0.05) is 12.8 Å². The zero-order valence-corrected chi connectivity index (χ0v) is 12.5. The molecule has 2 saturated heterocycles. The van der Waals surface area contributed by atoms with E-state index in [9.17, 15) is 0 Å². The van der Waals surface area contributed by atoms with Crippen molar-refractivity contribution in [3.8, 4) is 0 Å². The molecule has 4 fully saturated rings. The van der Waals surface area contributed by atoms with Crippen LogP contribution in [0.2, 0.25) is 0 Å². The van der Waals surface area contributed by atoms with Gasteiger partial charge in [0.05, 0.1) is 8.47 Å². The Balaban J connectivity index is 1.53. The first-order valence-electron chi connectivity index (χ1n) is 6.31. The van der Waals surface area contributed by atoms with Crippen LogP contribution in [0.5, 0.6) is 0 Å². The molecule has 0 aromatic rings. The summed E-state index contributed by atoms with van der Waals surface area (Å²) in [6, 6.07) is 0. The molecule has 16 heavy (non-hydrogen) atoms. The Morgan fingerprint density at radius 1 is 0.562 bits per heavy atom. The standard InChI is InChI=1S/C12H16S4/c1-3-7-8(4-1)14-11(13-7)12-15-9-5-2-6-10(9)16-12/h7-10H,1-6H2. The van der Waals surface area contributed by atoms with Gasteiger partial charge in [-0.15, -0.1) is 47.0 Å². The zero-order chi connectivity index (χ0) is 10.5. The first-order valence-corrected chi connectivity index (χ1v) is 9.83. The molecule has 0 aromatic carbocycles. The second-order valence-electron chi connectivity index (χ2n) is 5.06. The summed E-state index contributed by atoms with van der Waals surface area (Å²) in [5.41, 5.74) is 0. The van der Waals surface area contributed by atoms with Gasteiger partial charge in [-0.25, -0.2) is 0 Å². The maximum absolute atomic E-state index is 2.22. The number of hydrogen-bond acceptors (Lipinski definition) is 4. The minimum absolute atomic E-state index is 0.967. The van der Waals surface area contributed by atoms with Crippen LogP contribution in [0.4, 0.5) is 0 Å². The Labute approximate surface area is 115 Å². The van der Waals surface area contributed by atoms with Crippen molar-refractivity contribution in [3.05, 3.63) is 8.47 Å². The van der Waals surface area contributed by atoms with Crippen LogP contribution in [-0.2, 0) is 0 Å². The number of hydrogen-bond donors (Lipinski definition) is 0. The molecule has 4 aliphatic rings. The third-order valence-corrected chi connectivity index (χ3v) is 11.1. The van der Waals surface area contributed by atoms with Gasteiger partial charge in [-0.2, -0.15) is 0 Å². The van der Waals surface area contributed by atoms with E-state index in [1.54, 1.807) is 8.47 Å². The second-order valence-corrected chi connectivity index (χ2v) is 10.6. The van der Waals surface area contributed by atoms with Crippen LogP contribution in [0.15, 0.2) is 8.47 Å². The summed E-state index contributed by atoms with van der Waals surface area (Å²) in [5.74, 6) is 0. The highest BCUT2D eigenvalue weighted by Crippen LogP contribution is 2.62. The lowest BCUT2D eigenvalue weighted by Gasteiger charge is -2.04. The first kappa shape index (κ1) is 11.0. The molecule has 0 aromatic heterocycles. The maximum atomic E-state index is 2.22. The largest absolute Gasteiger partial charge is 0.113 e. The fraction of sp³-hybridized carbons (Fsp3) is 0.833. The molecular weight excluding hydrogens is 272 g/mol. The van der Waals surface area contributed by atoms with Crippen LogP contribution in [0, 0.1) is 0 Å². The van der Waals surface area contributed by atoms with Crippen LogP contribution in [-0.4, -0.2) is 21.0 Å². The van der Waals surface area contributed by atoms with E-state index in [-0.39, 0.29) is 0 Å². The van der Waals surface area contributed by atoms with Crippen LogP contribution in [0.3, 0.4) is 0 Å². The predicted octanol–water partition coefficient (Wildman–Crippen LogP) is 4.92. The van der Waals surface area contributed by atoms with E-state index in [1.807, 2.05) is 0 Å². The van der Waals surface area contributed by atoms with E-state index in [2.05, 4.69) is 47.0 Å². The average molecular weight is 289 g/mol. The Hall–Kier alpha value is 1.14. The predicted molar refractivity (Wildman–Crippen MR) is 80.2 cm³/mol. The van der Waals surface area contributed by atoms with Crippen molar-refractivity contribution < 1.29 is 0 Å². The van der Waals surface area contributed by atoms with Gasteiger partial charge in [0.2, 0.25) is 0 Å². The third kappa shape index (κ3) is 1.79. The average Bonchev–Trinajstić information content (AvgIpc) is 2.94. The molecule has 2 saturated carbocycles. The van der Waals surface area contributed by atoms with E-state index in [0.717, 1.165) is 21.0 Å². The molecule has 0 N–H and O–H groups in total. The van der Waals surface area contributed by atoms with Gasteiger partial charge in [0.15, 0.2) is 0 Å². The SMILES string of the molecule is C1CC2SC(=C3SC4CCCC4S3)SC2C1. The van der Waals surface area contributed by atoms with Crippen LogP contribution in [0.1, 0.15) is 38.5 Å². The van der Waals surface area contributed by atoms with Crippen molar-refractivity contribution in [3.63, 3.8) is 0 Å². The molecule has 0 spiro atoms. The van der Waals surface area contributed by atoms with Crippen LogP contribution >= 0.6 is 47.0 Å². The van der Waals surface area contributed by atoms with Gasteiger partial charge >= 0.3 is 0 Å². The Bertz CT molecular complexity index is 278. The van der Waals surface area contributed by atoms with E-state index in [0.29, 0.717) is 0 Å². The van der Waals surface area contributed by atoms with Crippen molar-refractivity contribution in [2.24, 2.45) is 0 Å². The number of thioether (sulfide) groups is 4. The van der Waals surface area contributed by atoms with Crippen molar-refractivity contribution in [2.45, 2.75) is 59.5 Å². The summed E-state index contributed by atoms with van der Waals surface area (Å²) in [5, 5.41) is 3.87. The minimum Gasteiger partial charge on any atom is -0.113 e. The smallest absolute Gasteiger partial charge is 0.0608 e. The minimum atomic E-state index is 0.967. The summed E-state index contributed by atoms with van der Waals surface area (Å²) in [6.07, 6.45) is 8.85. The highest BCUT2D eigenvalue weighted by Gasteiger charge is 2.42. The number of rotatable bonds is 0. The topological polar surface area (TPSA) is 0 Å². The lowest BCUT2D eigenvalue weighted by molar-refractivity contribution is 0.889. The molecule has 4 rings (SSSR count). The maximum Gasteiger partial charge on any atom is 0.0608 e. The molecule has 4 unspecified atom stereocenters. The van der Waals surface area contributed by atoms with E-state index < -0.39 is 0 Å². The summed E-state index contributed by atoms with van der Waals surface area (Å²) in [7, 11) is 0. The molecule has 4 atom stereocenters. The summed E-state index contributed by atoms with van der Waals surface area (Å²) >= 11 is 8.87. The van der Waals surface area contributed by atoms with Crippen molar-refractivity contribution in [1.82, 2.24) is 0 Å². The summed E-state index contributed by atoms with van der Waals surface area (Å²) in [6.45, 7) is 0. The van der Waals surface area contributed by atoms with Crippen molar-refractivity contribution in [2.75, 3.05) is 0 Å². The summed E-state index contributed by atoms with van der Waals surface area (Å²) < 4.78 is 3.42. The molecule has 0 bridgehead atoms. The molecule has 4 heteroatoms. The first-order chi connectivity index (χ1) is 7.90. The van der Waals surface area contributed by atoms with Crippen molar-refractivity contribution >= 4 is 47.0 Å². The highest BCUT2D eigenvalue weighted by atomic mass is 32.2. The fourth-order valence-corrected chi connectivity index (χ4v) is 10.6. The fourth-order valence-electron chi connectivity index (χ4n) is 3.12. The Kier molecular flexibility index (Phi) is 3.00. The van der Waals surface area contributed by atoms with Gasteiger partial charge in [-0.05, 0) is 25.7 Å². The Morgan fingerprint density at radius 2 is 0.875 bits per heavy atom. The number of fused-ring (bicyclic) bond motifs is 2. The van der Waals surface area contributed by atoms with Gasteiger partial charge in [0.1, 0.15) is 0 Å². The molecule has 0 nitrogen and oxygen atoms in total. The van der Waals surface area contributed by atoms with E-state index in [1.165, 1.54) is 38.5 Å². The molecule has 2 heterocycles. The van der Waals surface area contributed by atoms with E-state index >= 15 is 0 Å². The van der Waals surface area contributed by atoms with Crippen molar-refractivity contribution in [1.29, 1.82) is 0 Å². The quantitative estimate of drug-likeness (QED) is 0.620. The summed E-state index contributed by atoms with van der Waals surface area (Å²) in [4.78, 5) is 0. The highest BCUT2D eigenvalue weighted by molar-refractivity contribution is 8.31. The third-order valence-electron chi connectivity index (χ3n) is 3.98. The molecular formula is C12H16S4. The normalized spacial score (nSPS) is 46.5. The van der Waals surface area contributed by atoms with Gasteiger partial charge in [-0.3, -0.25) is 0 Å². The molecule has 2 aliphatic carbocycles. The Morgan fingerprint density at radius 3 is 1.19 bits per heavy atom. The zero-order valence-electron chi connectivity index (χ0n) is 9.19. The lowest BCUT2D eigenvalue weighted by Crippen LogP contribution is -2.04. The molecule has 88 valence electrons. The monoisotopic (exact) mass is 288 g/mol. The molecule has 2 aliphatic heterocycles. The molecule has 0 amide bonds. The van der Waals surface area contributed by atoms with Gasteiger partial charge in [0, 0.05) is 21.0 Å².